The molecule has 0 aromatic carbocycles. The molecule has 2 heterocycles. The summed E-state index contributed by atoms with van der Waals surface area (Å²) in [5.41, 5.74) is 0. The first-order chi connectivity index (χ1) is 10.0. The molecule has 5 nitrogen and oxygen atoms in total. The predicted octanol–water partition coefficient (Wildman–Crippen LogP) is 1.69. The second-order valence-corrected chi connectivity index (χ2v) is 8.42. The van der Waals surface area contributed by atoms with Crippen molar-refractivity contribution in [1.82, 2.24) is 9.21 Å². The van der Waals surface area contributed by atoms with Gasteiger partial charge in [-0.3, -0.25) is 4.90 Å². The number of hydrogen-bond donors (Lipinski definition) is 0. The molecule has 2 aliphatic rings. The van der Waals surface area contributed by atoms with Crippen LogP contribution in [0.25, 0.3) is 0 Å². The van der Waals surface area contributed by atoms with Gasteiger partial charge in [-0.1, -0.05) is 19.8 Å². The molecule has 0 unspecified atom stereocenters. The van der Waals surface area contributed by atoms with Crippen LogP contribution in [0, 0.1) is 0 Å². The van der Waals surface area contributed by atoms with E-state index in [9.17, 15) is 8.42 Å². The van der Waals surface area contributed by atoms with Crippen molar-refractivity contribution >= 4 is 10.0 Å². The van der Waals surface area contributed by atoms with E-state index in [2.05, 4.69) is 18.7 Å². The lowest BCUT2D eigenvalue weighted by Gasteiger charge is -2.41. The van der Waals surface area contributed by atoms with E-state index in [1.165, 1.54) is 0 Å². The Kier molecular flexibility index (Phi) is 6.47. The zero-order valence-electron chi connectivity index (χ0n) is 13.5. The van der Waals surface area contributed by atoms with Gasteiger partial charge in [0.05, 0.1) is 18.5 Å². The van der Waals surface area contributed by atoms with Crippen LogP contribution in [0.2, 0.25) is 0 Å². The van der Waals surface area contributed by atoms with Gasteiger partial charge in [-0.25, -0.2) is 12.7 Å². The Bertz CT molecular complexity index is 405. The molecule has 2 fully saturated rings. The number of nitrogens with zero attached hydrogens (tertiary/aromatic N) is 2. The zero-order chi connectivity index (χ0) is 15.3. The number of unbranched alkanes of at least 4 members (excludes halogenated alkanes) is 2. The van der Waals surface area contributed by atoms with Crippen molar-refractivity contribution in [3.8, 4) is 0 Å². The van der Waals surface area contributed by atoms with Gasteiger partial charge in [-0.05, 0) is 26.2 Å². The fourth-order valence-corrected chi connectivity index (χ4v) is 4.92. The van der Waals surface area contributed by atoms with Crippen molar-refractivity contribution in [1.29, 1.82) is 0 Å². The maximum atomic E-state index is 12.3. The van der Waals surface area contributed by atoms with E-state index >= 15 is 0 Å². The molecular weight excluding hydrogens is 288 g/mol. The fourth-order valence-electron chi connectivity index (χ4n) is 3.33. The molecule has 0 saturated carbocycles. The molecule has 2 rings (SSSR count). The third kappa shape index (κ3) is 4.91. The number of hydrogen-bond acceptors (Lipinski definition) is 4. The van der Waals surface area contributed by atoms with E-state index in [-0.39, 0.29) is 0 Å². The van der Waals surface area contributed by atoms with Crippen LogP contribution in [0.3, 0.4) is 0 Å². The lowest BCUT2D eigenvalue weighted by Crippen LogP contribution is -2.52. The van der Waals surface area contributed by atoms with Gasteiger partial charge in [0.15, 0.2) is 0 Å². The summed E-state index contributed by atoms with van der Waals surface area (Å²) in [5.74, 6) is 0.320. The first-order valence-corrected chi connectivity index (χ1v) is 9.97. The molecule has 124 valence electrons. The molecule has 6 heteroatoms. The number of rotatable bonds is 6. The summed E-state index contributed by atoms with van der Waals surface area (Å²) in [7, 11) is -3.03. The molecule has 0 aromatic heterocycles. The highest BCUT2D eigenvalue weighted by Crippen LogP contribution is 2.21. The van der Waals surface area contributed by atoms with E-state index in [4.69, 9.17) is 4.74 Å². The van der Waals surface area contributed by atoms with Gasteiger partial charge < -0.3 is 4.74 Å². The normalized spacial score (nSPS) is 27.0. The second kappa shape index (κ2) is 7.90. The van der Waals surface area contributed by atoms with Gasteiger partial charge >= 0.3 is 0 Å². The predicted molar refractivity (Wildman–Crippen MR) is 84.9 cm³/mol. The Labute approximate surface area is 129 Å². The Balaban J connectivity index is 1.79. The minimum absolute atomic E-state index is 0.301. The highest BCUT2D eigenvalue weighted by Gasteiger charge is 2.31. The van der Waals surface area contributed by atoms with Crippen LogP contribution in [0.1, 0.15) is 46.0 Å². The number of morpholine rings is 1. The van der Waals surface area contributed by atoms with E-state index in [1.807, 2.05) is 0 Å². The summed E-state index contributed by atoms with van der Waals surface area (Å²) in [5, 5.41) is 0. The Hall–Kier alpha value is -0.170. The summed E-state index contributed by atoms with van der Waals surface area (Å²) in [4.78, 5) is 2.48. The second-order valence-electron chi connectivity index (χ2n) is 6.33. The third-order valence-corrected chi connectivity index (χ3v) is 6.57. The van der Waals surface area contributed by atoms with Crippen LogP contribution in [0.4, 0.5) is 0 Å². The molecule has 0 N–H and O–H groups in total. The summed E-state index contributed by atoms with van der Waals surface area (Å²) >= 11 is 0. The van der Waals surface area contributed by atoms with Crippen LogP contribution in [0.5, 0.6) is 0 Å². The Morgan fingerprint density at radius 1 is 1.14 bits per heavy atom. The van der Waals surface area contributed by atoms with Crippen molar-refractivity contribution < 1.29 is 13.2 Å². The van der Waals surface area contributed by atoms with Gasteiger partial charge in [-0.2, -0.15) is 0 Å². The number of ether oxygens (including phenoxy) is 1. The SMILES string of the molecule is CCCCCS(=O)(=O)N1CCC(N2CCO[C@@H](C)C2)CC1. The van der Waals surface area contributed by atoms with Crippen LogP contribution in [-0.4, -0.2) is 68.3 Å². The Morgan fingerprint density at radius 3 is 2.48 bits per heavy atom. The fraction of sp³-hybridized carbons (Fsp3) is 1.00. The van der Waals surface area contributed by atoms with Crippen LogP contribution >= 0.6 is 0 Å². The highest BCUT2D eigenvalue weighted by molar-refractivity contribution is 7.89. The van der Waals surface area contributed by atoms with Gasteiger partial charge in [0.25, 0.3) is 0 Å². The molecule has 0 spiro atoms. The van der Waals surface area contributed by atoms with Crippen LogP contribution < -0.4 is 0 Å². The molecule has 21 heavy (non-hydrogen) atoms. The quantitative estimate of drug-likeness (QED) is 0.699. The summed E-state index contributed by atoms with van der Waals surface area (Å²) in [6.45, 7) is 8.35. The zero-order valence-corrected chi connectivity index (χ0v) is 14.3. The smallest absolute Gasteiger partial charge is 0.214 e. The number of piperidine rings is 1. The largest absolute Gasteiger partial charge is 0.376 e. The van der Waals surface area contributed by atoms with Gasteiger partial charge in [0, 0.05) is 32.2 Å². The number of sulfonamides is 1. The lowest BCUT2D eigenvalue weighted by atomic mass is 10.0. The van der Waals surface area contributed by atoms with Gasteiger partial charge in [-0.15, -0.1) is 0 Å². The first kappa shape index (κ1) is 17.2. The monoisotopic (exact) mass is 318 g/mol. The molecule has 1 atom stereocenters. The molecule has 0 aromatic rings. The van der Waals surface area contributed by atoms with Crippen LogP contribution in [-0.2, 0) is 14.8 Å². The first-order valence-electron chi connectivity index (χ1n) is 8.36. The van der Waals surface area contributed by atoms with E-state index in [0.29, 0.717) is 31.0 Å². The van der Waals surface area contributed by atoms with E-state index in [0.717, 1.165) is 51.8 Å². The highest BCUT2D eigenvalue weighted by atomic mass is 32.2. The maximum Gasteiger partial charge on any atom is 0.214 e. The van der Waals surface area contributed by atoms with Crippen molar-refractivity contribution in [3.05, 3.63) is 0 Å². The minimum atomic E-state index is -3.03. The van der Waals surface area contributed by atoms with Gasteiger partial charge in [0.1, 0.15) is 0 Å². The average Bonchev–Trinajstić information content (AvgIpc) is 2.47. The molecule has 0 bridgehead atoms. The van der Waals surface area contributed by atoms with Gasteiger partial charge in [0.2, 0.25) is 10.0 Å². The third-order valence-electron chi connectivity index (χ3n) is 4.61. The van der Waals surface area contributed by atoms with E-state index < -0.39 is 10.0 Å². The molecule has 2 saturated heterocycles. The van der Waals surface area contributed by atoms with Crippen molar-refractivity contribution in [3.63, 3.8) is 0 Å². The average molecular weight is 318 g/mol. The van der Waals surface area contributed by atoms with Crippen molar-refractivity contribution in [2.24, 2.45) is 0 Å². The Morgan fingerprint density at radius 2 is 1.86 bits per heavy atom. The van der Waals surface area contributed by atoms with Crippen LogP contribution in [0.15, 0.2) is 0 Å². The standard InChI is InChI=1S/C15H30N2O3S/c1-3-4-5-12-21(18,19)17-8-6-15(7-9-17)16-10-11-20-14(2)13-16/h14-15H,3-13H2,1-2H3/t14-/m0/s1. The van der Waals surface area contributed by atoms with E-state index in [1.54, 1.807) is 4.31 Å². The lowest BCUT2D eigenvalue weighted by molar-refractivity contribution is -0.0406. The summed E-state index contributed by atoms with van der Waals surface area (Å²) in [6, 6.07) is 0.526. The molecular formula is C15H30N2O3S. The molecule has 0 amide bonds. The molecule has 2 aliphatic heterocycles. The maximum absolute atomic E-state index is 12.3. The summed E-state index contributed by atoms with van der Waals surface area (Å²) in [6.07, 6.45) is 5.07. The topological polar surface area (TPSA) is 49.9 Å². The minimum Gasteiger partial charge on any atom is -0.376 e. The molecule has 0 radical (unpaired) electrons. The molecule has 0 aliphatic carbocycles. The van der Waals surface area contributed by atoms with Crippen molar-refractivity contribution in [2.45, 2.75) is 58.1 Å². The summed E-state index contributed by atoms with van der Waals surface area (Å²) < 4.78 is 31.9. The van der Waals surface area contributed by atoms with Crippen molar-refractivity contribution in [2.75, 3.05) is 38.5 Å².